The Morgan fingerprint density at radius 3 is 2.39 bits per heavy atom. The summed E-state index contributed by atoms with van der Waals surface area (Å²) in [5.74, 6) is 5.55. The van der Waals surface area contributed by atoms with Gasteiger partial charge in [0.2, 0.25) is 15.6 Å². The lowest BCUT2D eigenvalue weighted by molar-refractivity contribution is -0.277. The number of anilines is 2. The second-order valence-electron chi connectivity index (χ2n) is 6.31. The van der Waals surface area contributed by atoms with E-state index in [0.717, 1.165) is 24.5 Å². The molecule has 9 nitrogen and oxygen atoms in total. The lowest BCUT2D eigenvalue weighted by Gasteiger charge is -2.28. The van der Waals surface area contributed by atoms with Crippen molar-refractivity contribution in [1.82, 2.24) is 14.7 Å². The fourth-order valence-corrected chi connectivity index (χ4v) is 3.38. The van der Waals surface area contributed by atoms with Crippen LogP contribution >= 0.6 is 0 Å². The summed E-state index contributed by atoms with van der Waals surface area (Å²) < 4.78 is 66.1. The molecule has 0 saturated carbocycles. The molecular formula is C18H20F3N5O4S. The highest BCUT2D eigenvalue weighted by Crippen LogP contribution is 2.38. The second kappa shape index (κ2) is 9.48. The van der Waals surface area contributed by atoms with Gasteiger partial charge in [0, 0.05) is 24.5 Å². The minimum atomic E-state index is -5.11. The highest BCUT2D eigenvalue weighted by molar-refractivity contribution is 7.89. The van der Waals surface area contributed by atoms with Crippen LogP contribution in [0.25, 0.3) is 0 Å². The Kier molecular flexibility index (Phi) is 7.45. The molecule has 2 aromatic rings. The van der Waals surface area contributed by atoms with Crippen molar-refractivity contribution >= 4 is 21.7 Å². The maximum absolute atomic E-state index is 13.0. The fraction of sp³-hybridized carbons (Fsp3) is 0.333. The van der Waals surface area contributed by atoms with Crippen molar-refractivity contribution in [2.24, 2.45) is 0 Å². The van der Waals surface area contributed by atoms with Gasteiger partial charge in [0.25, 0.3) is 0 Å². The van der Waals surface area contributed by atoms with E-state index in [0.29, 0.717) is 0 Å². The number of nitrogens with one attached hydrogen (secondary N) is 2. The molecule has 2 rings (SSSR count). The predicted octanol–water partition coefficient (Wildman–Crippen LogP) is 0.583. The Morgan fingerprint density at radius 2 is 1.90 bits per heavy atom. The second-order valence-corrected chi connectivity index (χ2v) is 8.08. The van der Waals surface area contributed by atoms with Gasteiger partial charge < -0.3 is 21.3 Å². The summed E-state index contributed by atoms with van der Waals surface area (Å²) in [6, 6.07) is 3.92. The van der Waals surface area contributed by atoms with Crippen molar-refractivity contribution in [3.8, 4) is 11.8 Å². The van der Waals surface area contributed by atoms with Gasteiger partial charge in [-0.3, -0.25) is 0 Å². The van der Waals surface area contributed by atoms with Gasteiger partial charge in [-0.2, -0.15) is 13.2 Å². The van der Waals surface area contributed by atoms with Gasteiger partial charge in [-0.15, -0.1) is 5.92 Å². The van der Waals surface area contributed by atoms with E-state index in [1.165, 1.54) is 19.1 Å². The first-order valence-electron chi connectivity index (χ1n) is 8.69. The third kappa shape index (κ3) is 5.82. The Bertz CT molecular complexity index is 1050. The number of alkyl halides is 3. The number of nitrogens with zero attached hydrogens (tertiary/aromatic N) is 2. The summed E-state index contributed by atoms with van der Waals surface area (Å²) in [7, 11) is -3.91. The van der Waals surface area contributed by atoms with Crippen LogP contribution in [0.5, 0.6) is 0 Å². The van der Waals surface area contributed by atoms with Crippen molar-refractivity contribution < 1.29 is 31.8 Å². The van der Waals surface area contributed by atoms with Crippen LogP contribution in [-0.2, 0) is 15.6 Å². The van der Waals surface area contributed by atoms with Crippen LogP contribution < -0.4 is 15.8 Å². The number of nitrogen functional groups attached to an aromatic ring is 1. The molecule has 0 aliphatic carbocycles. The van der Waals surface area contributed by atoms with Crippen LogP contribution in [-0.4, -0.2) is 54.0 Å². The molecule has 0 spiro atoms. The average Bonchev–Trinajstić information content (AvgIpc) is 2.71. The molecule has 2 heterocycles. The minimum absolute atomic E-state index is 0.0762. The standard InChI is InChI=1S/C18H20F3N5O4S/c1-2-3-13(9-25-31(29,30)14-5-6-15(22)23-10-14)26-16-7-4-12(8-24-16)17(28,11-27)18(19,20)21/h4-8,10,13,25,27-28H,9,11H2,1H3,(H2,22,23)(H,24,26)/t13-,17?/m0/s1. The number of aliphatic hydroxyl groups is 2. The number of aliphatic hydroxyl groups excluding tert-OH is 1. The molecule has 0 aliphatic heterocycles. The maximum Gasteiger partial charge on any atom is 0.423 e. The molecular weight excluding hydrogens is 439 g/mol. The lowest BCUT2D eigenvalue weighted by Crippen LogP contribution is -2.45. The summed E-state index contributed by atoms with van der Waals surface area (Å²) in [5.41, 5.74) is 1.33. The van der Waals surface area contributed by atoms with Gasteiger partial charge in [-0.1, -0.05) is 12.0 Å². The number of halogens is 3. The zero-order valence-electron chi connectivity index (χ0n) is 16.2. The van der Waals surface area contributed by atoms with E-state index in [-0.39, 0.29) is 23.1 Å². The van der Waals surface area contributed by atoms with Crippen LogP contribution in [0, 0.1) is 11.8 Å². The number of hydrogen-bond acceptors (Lipinski definition) is 8. The van der Waals surface area contributed by atoms with E-state index in [4.69, 9.17) is 10.8 Å². The zero-order valence-corrected chi connectivity index (χ0v) is 17.0. The quantitative estimate of drug-likeness (QED) is 0.360. The molecule has 1 unspecified atom stereocenters. The smallest absolute Gasteiger partial charge is 0.393 e. The molecule has 31 heavy (non-hydrogen) atoms. The Labute approximate surface area is 176 Å². The molecule has 0 saturated heterocycles. The van der Waals surface area contributed by atoms with Gasteiger partial charge in [0.15, 0.2) is 0 Å². The van der Waals surface area contributed by atoms with E-state index in [1.54, 1.807) is 0 Å². The van der Waals surface area contributed by atoms with Gasteiger partial charge in [0.1, 0.15) is 22.6 Å². The lowest BCUT2D eigenvalue weighted by atomic mass is 9.96. The summed E-state index contributed by atoms with van der Waals surface area (Å²) in [6.07, 6.45) is -3.26. The SMILES string of the molecule is CC#C[C@@H](CNS(=O)(=O)c1ccc(N)nc1)Nc1ccc(C(O)(CO)C(F)(F)F)cn1. The van der Waals surface area contributed by atoms with Gasteiger partial charge in [-0.05, 0) is 25.1 Å². The number of sulfonamides is 1. The number of rotatable bonds is 8. The normalized spacial score (nSPS) is 14.8. The van der Waals surface area contributed by atoms with Gasteiger partial charge in [-0.25, -0.2) is 23.1 Å². The Hall–Kier alpha value is -2.92. The third-order valence-corrected chi connectivity index (χ3v) is 5.54. The Morgan fingerprint density at radius 1 is 1.19 bits per heavy atom. The number of pyridine rings is 2. The van der Waals surface area contributed by atoms with Crippen molar-refractivity contribution in [3.63, 3.8) is 0 Å². The molecule has 0 radical (unpaired) electrons. The average molecular weight is 459 g/mol. The molecule has 0 aromatic carbocycles. The van der Waals surface area contributed by atoms with Crippen LogP contribution in [0.2, 0.25) is 0 Å². The first-order valence-corrected chi connectivity index (χ1v) is 10.2. The molecule has 2 aromatic heterocycles. The van der Waals surface area contributed by atoms with E-state index in [9.17, 15) is 26.7 Å². The first-order chi connectivity index (χ1) is 14.4. The summed E-state index contributed by atoms with van der Waals surface area (Å²) in [6.45, 7) is -0.245. The summed E-state index contributed by atoms with van der Waals surface area (Å²) in [5, 5.41) is 21.5. The van der Waals surface area contributed by atoms with E-state index in [1.807, 2.05) is 0 Å². The van der Waals surface area contributed by atoms with Gasteiger partial charge >= 0.3 is 6.18 Å². The van der Waals surface area contributed by atoms with Crippen molar-refractivity contribution in [2.45, 2.75) is 29.6 Å². The largest absolute Gasteiger partial charge is 0.423 e. The highest BCUT2D eigenvalue weighted by atomic mass is 32.2. The van der Waals surface area contributed by atoms with Gasteiger partial charge in [0.05, 0.1) is 6.61 Å². The molecule has 2 atom stereocenters. The molecule has 168 valence electrons. The number of nitrogens with two attached hydrogens (primary N) is 1. The van der Waals surface area contributed by atoms with E-state index in [2.05, 4.69) is 31.8 Å². The monoisotopic (exact) mass is 459 g/mol. The van der Waals surface area contributed by atoms with Crippen LogP contribution in [0.4, 0.5) is 24.8 Å². The molecule has 0 aliphatic rings. The number of hydrogen-bond donors (Lipinski definition) is 5. The summed E-state index contributed by atoms with van der Waals surface area (Å²) in [4.78, 5) is 7.40. The van der Waals surface area contributed by atoms with Crippen LogP contribution in [0.15, 0.2) is 41.6 Å². The van der Waals surface area contributed by atoms with Crippen molar-refractivity contribution in [2.75, 3.05) is 24.2 Å². The van der Waals surface area contributed by atoms with E-state index >= 15 is 0 Å². The van der Waals surface area contributed by atoms with Crippen molar-refractivity contribution in [3.05, 3.63) is 42.2 Å². The first kappa shape index (κ1) is 24.4. The molecule has 13 heteroatoms. The molecule has 0 amide bonds. The molecule has 6 N–H and O–H groups in total. The molecule has 0 fully saturated rings. The topological polar surface area (TPSA) is 150 Å². The van der Waals surface area contributed by atoms with E-state index < -0.39 is 40.0 Å². The van der Waals surface area contributed by atoms with Crippen LogP contribution in [0.3, 0.4) is 0 Å². The Balaban J connectivity index is 2.13. The predicted molar refractivity (Wildman–Crippen MR) is 106 cm³/mol. The zero-order chi connectivity index (χ0) is 23.3. The highest BCUT2D eigenvalue weighted by Gasteiger charge is 2.55. The summed E-state index contributed by atoms with van der Waals surface area (Å²) >= 11 is 0. The van der Waals surface area contributed by atoms with Crippen molar-refractivity contribution in [1.29, 1.82) is 0 Å². The van der Waals surface area contributed by atoms with Crippen LogP contribution in [0.1, 0.15) is 12.5 Å². The third-order valence-electron chi connectivity index (χ3n) is 4.13. The molecule has 0 bridgehead atoms. The fourth-order valence-electron chi connectivity index (χ4n) is 2.39. The maximum atomic E-state index is 13.0. The minimum Gasteiger partial charge on any atom is -0.393 e. The number of aromatic nitrogens is 2.